The van der Waals surface area contributed by atoms with Gasteiger partial charge in [0.15, 0.2) is 0 Å². The number of benzene rings is 1. The average Bonchev–Trinajstić information content (AvgIpc) is 2.39. The van der Waals surface area contributed by atoms with Crippen molar-refractivity contribution in [2.24, 2.45) is 11.7 Å². The van der Waals surface area contributed by atoms with Gasteiger partial charge in [-0.2, -0.15) is 0 Å². The number of amides is 1. The summed E-state index contributed by atoms with van der Waals surface area (Å²) in [5, 5.41) is 0. The molecule has 18 heavy (non-hydrogen) atoms. The largest absolute Gasteiger partial charge is 0.342 e. The average molecular weight is 311 g/mol. The molecule has 0 saturated carbocycles. The first-order valence-corrected chi connectivity index (χ1v) is 7.20. The van der Waals surface area contributed by atoms with Crippen LogP contribution in [0.4, 0.5) is 0 Å². The highest BCUT2D eigenvalue weighted by Crippen LogP contribution is 2.17. The third kappa shape index (κ3) is 3.56. The summed E-state index contributed by atoms with van der Waals surface area (Å²) < 4.78 is 1.02. The van der Waals surface area contributed by atoms with Gasteiger partial charge in [0.2, 0.25) is 5.91 Å². The Morgan fingerprint density at radius 3 is 3.06 bits per heavy atom. The molecule has 1 saturated heterocycles. The van der Waals surface area contributed by atoms with E-state index in [9.17, 15) is 4.79 Å². The first-order valence-electron chi connectivity index (χ1n) is 6.41. The Kier molecular flexibility index (Phi) is 4.78. The number of carbonyl (C=O) groups excluding carboxylic acids is 1. The van der Waals surface area contributed by atoms with Crippen LogP contribution < -0.4 is 5.73 Å². The van der Waals surface area contributed by atoms with Crippen molar-refractivity contribution in [3.8, 4) is 0 Å². The van der Waals surface area contributed by atoms with E-state index in [1.807, 2.05) is 29.2 Å². The van der Waals surface area contributed by atoms with Crippen LogP contribution in [-0.4, -0.2) is 30.4 Å². The lowest BCUT2D eigenvalue weighted by Gasteiger charge is -2.32. The minimum atomic E-state index is 0.214. The highest BCUT2D eigenvalue weighted by atomic mass is 79.9. The monoisotopic (exact) mass is 310 g/mol. The summed E-state index contributed by atoms with van der Waals surface area (Å²) in [4.78, 5) is 14.2. The number of carbonyl (C=O) groups is 1. The second kappa shape index (κ2) is 6.34. The van der Waals surface area contributed by atoms with E-state index in [1.54, 1.807) is 0 Å². The molecule has 4 heteroatoms. The zero-order valence-electron chi connectivity index (χ0n) is 10.4. The summed E-state index contributed by atoms with van der Waals surface area (Å²) in [5.74, 6) is 0.691. The van der Waals surface area contributed by atoms with E-state index >= 15 is 0 Å². The second-order valence-corrected chi connectivity index (χ2v) is 5.81. The van der Waals surface area contributed by atoms with Crippen molar-refractivity contribution in [3.63, 3.8) is 0 Å². The van der Waals surface area contributed by atoms with Gasteiger partial charge in [-0.1, -0.05) is 28.1 Å². The molecule has 1 atom stereocenters. The fraction of sp³-hybridized carbons (Fsp3) is 0.500. The molecule has 0 bridgehead atoms. The van der Waals surface area contributed by atoms with E-state index < -0.39 is 0 Å². The molecule has 1 aromatic carbocycles. The molecular weight excluding hydrogens is 292 g/mol. The zero-order valence-corrected chi connectivity index (χ0v) is 12.0. The predicted octanol–water partition coefficient (Wildman–Crippen LogP) is 2.19. The van der Waals surface area contributed by atoms with Crippen molar-refractivity contribution in [1.29, 1.82) is 0 Å². The minimum Gasteiger partial charge on any atom is -0.342 e. The first kappa shape index (κ1) is 13.6. The Morgan fingerprint density at radius 1 is 1.50 bits per heavy atom. The highest BCUT2D eigenvalue weighted by molar-refractivity contribution is 9.10. The molecule has 1 heterocycles. The van der Waals surface area contributed by atoms with Gasteiger partial charge in [-0.25, -0.2) is 0 Å². The van der Waals surface area contributed by atoms with Crippen molar-refractivity contribution in [2.75, 3.05) is 19.6 Å². The van der Waals surface area contributed by atoms with Crippen LogP contribution in [0.15, 0.2) is 28.7 Å². The third-order valence-corrected chi connectivity index (χ3v) is 3.94. The van der Waals surface area contributed by atoms with Crippen LogP contribution in [0, 0.1) is 5.92 Å². The maximum absolute atomic E-state index is 12.2. The Balaban J connectivity index is 1.95. The van der Waals surface area contributed by atoms with Crippen LogP contribution in [0.2, 0.25) is 0 Å². The lowest BCUT2D eigenvalue weighted by atomic mass is 9.97. The van der Waals surface area contributed by atoms with E-state index in [0.29, 0.717) is 18.9 Å². The fourth-order valence-electron chi connectivity index (χ4n) is 2.42. The summed E-state index contributed by atoms with van der Waals surface area (Å²) in [6.45, 7) is 2.38. The number of nitrogens with zero attached hydrogens (tertiary/aromatic N) is 1. The van der Waals surface area contributed by atoms with E-state index in [1.165, 1.54) is 0 Å². The summed E-state index contributed by atoms with van der Waals surface area (Å²) in [6.07, 6.45) is 2.71. The molecule has 1 aliphatic heterocycles. The lowest BCUT2D eigenvalue weighted by Crippen LogP contribution is -2.42. The van der Waals surface area contributed by atoms with Gasteiger partial charge < -0.3 is 10.6 Å². The number of rotatable bonds is 3. The van der Waals surface area contributed by atoms with Gasteiger partial charge in [-0.05, 0) is 43.0 Å². The summed E-state index contributed by atoms with van der Waals surface area (Å²) in [6, 6.07) is 7.93. The molecule has 1 aliphatic rings. The third-order valence-electron chi connectivity index (χ3n) is 3.45. The molecular formula is C14H19BrN2O. The van der Waals surface area contributed by atoms with Crippen molar-refractivity contribution in [3.05, 3.63) is 34.3 Å². The molecule has 3 nitrogen and oxygen atoms in total. The molecule has 0 aromatic heterocycles. The van der Waals surface area contributed by atoms with Crippen LogP contribution in [0.3, 0.4) is 0 Å². The molecule has 1 amide bonds. The molecule has 0 aliphatic carbocycles. The molecule has 98 valence electrons. The SMILES string of the molecule is NCC1CCCN(C(=O)Cc2cccc(Br)c2)C1. The Bertz CT molecular complexity index is 422. The maximum Gasteiger partial charge on any atom is 0.226 e. The van der Waals surface area contributed by atoms with Crippen molar-refractivity contribution in [1.82, 2.24) is 4.90 Å². The second-order valence-electron chi connectivity index (χ2n) is 4.89. The van der Waals surface area contributed by atoms with Gasteiger partial charge in [0.1, 0.15) is 0 Å². The Labute approximate surface area is 116 Å². The molecule has 0 spiro atoms. The zero-order chi connectivity index (χ0) is 13.0. The number of piperidine rings is 1. The fourth-order valence-corrected chi connectivity index (χ4v) is 2.86. The van der Waals surface area contributed by atoms with E-state index in [0.717, 1.165) is 36.0 Å². The molecule has 1 fully saturated rings. The van der Waals surface area contributed by atoms with Crippen LogP contribution in [0.1, 0.15) is 18.4 Å². The van der Waals surface area contributed by atoms with Gasteiger partial charge in [-0.15, -0.1) is 0 Å². The summed E-state index contributed by atoms with van der Waals surface area (Å²) in [7, 11) is 0. The number of halogens is 1. The van der Waals surface area contributed by atoms with E-state index in [-0.39, 0.29) is 5.91 Å². The van der Waals surface area contributed by atoms with Crippen molar-refractivity contribution >= 4 is 21.8 Å². The van der Waals surface area contributed by atoms with Crippen LogP contribution in [-0.2, 0) is 11.2 Å². The number of likely N-dealkylation sites (tertiary alicyclic amines) is 1. The smallest absolute Gasteiger partial charge is 0.226 e. The van der Waals surface area contributed by atoms with Crippen LogP contribution in [0.25, 0.3) is 0 Å². The molecule has 1 aromatic rings. The number of hydrogen-bond donors (Lipinski definition) is 1. The molecule has 0 radical (unpaired) electrons. The van der Waals surface area contributed by atoms with Crippen LogP contribution >= 0.6 is 15.9 Å². The van der Waals surface area contributed by atoms with Gasteiger partial charge in [-0.3, -0.25) is 4.79 Å². The predicted molar refractivity (Wildman–Crippen MR) is 76.2 cm³/mol. The highest BCUT2D eigenvalue weighted by Gasteiger charge is 2.22. The normalized spacial score (nSPS) is 19.9. The molecule has 2 N–H and O–H groups in total. The van der Waals surface area contributed by atoms with Crippen molar-refractivity contribution in [2.45, 2.75) is 19.3 Å². The van der Waals surface area contributed by atoms with E-state index in [2.05, 4.69) is 15.9 Å². The maximum atomic E-state index is 12.2. The van der Waals surface area contributed by atoms with E-state index in [4.69, 9.17) is 5.73 Å². The quantitative estimate of drug-likeness (QED) is 0.930. The Hall–Kier alpha value is -0.870. The van der Waals surface area contributed by atoms with Gasteiger partial charge in [0.25, 0.3) is 0 Å². The van der Waals surface area contributed by atoms with Gasteiger partial charge in [0, 0.05) is 17.6 Å². The topological polar surface area (TPSA) is 46.3 Å². The lowest BCUT2D eigenvalue weighted by molar-refractivity contribution is -0.132. The minimum absolute atomic E-state index is 0.214. The van der Waals surface area contributed by atoms with Gasteiger partial charge in [0.05, 0.1) is 6.42 Å². The standard InChI is InChI=1S/C14H19BrN2O/c15-13-5-1-3-11(7-13)8-14(18)17-6-2-4-12(9-16)10-17/h1,3,5,7,12H,2,4,6,8-10,16H2. The number of hydrogen-bond acceptors (Lipinski definition) is 2. The van der Waals surface area contributed by atoms with Crippen molar-refractivity contribution < 1.29 is 4.79 Å². The molecule has 2 rings (SSSR count). The summed E-state index contributed by atoms with van der Waals surface area (Å²) in [5.41, 5.74) is 6.75. The number of nitrogens with two attached hydrogens (primary N) is 1. The Morgan fingerprint density at radius 2 is 2.33 bits per heavy atom. The summed E-state index contributed by atoms with van der Waals surface area (Å²) >= 11 is 3.43. The molecule has 1 unspecified atom stereocenters. The van der Waals surface area contributed by atoms with Gasteiger partial charge >= 0.3 is 0 Å². The first-order chi connectivity index (χ1) is 8.69. The van der Waals surface area contributed by atoms with Crippen LogP contribution in [0.5, 0.6) is 0 Å².